The molecule has 84 valence electrons. The minimum absolute atomic E-state index is 0.181. The lowest BCUT2D eigenvalue weighted by molar-refractivity contribution is -0.0574. The molecule has 4 nitrogen and oxygen atoms in total. The van der Waals surface area contributed by atoms with E-state index in [4.69, 9.17) is 0 Å². The average molecular weight is 218 g/mol. The topological polar surface area (TPSA) is 65.7 Å². The number of aliphatic hydroxyl groups is 2. The zero-order valence-electron chi connectivity index (χ0n) is 9.25. The van der Waals surface area contributed by atoms with Crippen molar-refractivity contribution in [2.24, 2.45) is 4.99 Å². The lowest BCUT2D eigenvalue weighted by atomic mass is 9.95. The van der Waals surface area contributed by atoms with Gasteiger partial charge in [-0.3, -0.25) is 9.98 Å². The highest BCUT2D eigenvalue weighted by molar-refractivity contribution is 6.06. The van der Waals surface area contributed by atoms with Crippen molar-refractivity contribution >= 4 is 5.71 Å². The van der Waals surface area contributed by atoms with Crippen LogP contribution in [0.2, 0.25) is 0 Å². The summed E-state index contributed by atoms with van der Waals surface area (Å²) in [4.78, 5) is 8.38. The molecule has 0 fully saturated rings. The van der Waals surface area contributed by atoms with Crippen LogP contribution in [-0.2, 0) is 0 Å². The lowest BCUT2D eigenvalue weighted by Crippen LogP contribution is -2.42. The standard InChI is InChI=1S/C12H14N2O2/c1-11(2)6-7-12(15,16)10(14-11)9-5-3-4-8-13-9/h3-8,15-16H,1-2H3. The second-order valence-corrected chi connectivity index (χ2v) is 4.39. The lowest BCUT2D eigenvalue weighted by Gasteiger charge is -2.29. The fourth-order valence-electron chi connectivity index (χ4n) is 1.56. The molecule has 2 N–H and O–H groups in total. The van der Waals surface area contributed by atoms with E-state index >= 15 is 0 Å². The molecule has 0 bridgehead atoms. The summed E-state index contributed by atoms with van der Waals surface area (Å²) in [6.07, 6.45) is 4.60. The highest BCUT2D eigenvalue weighted by atomic mass is 16.5. The molecular formula is C12H14N2O2. The van der Waals surface area contributed by atoms with Crippen LogP contribution < -0.4 is 0 Å². The second kappa shape index (κ2) is 3.50. The maximum Gasteiger partial charge on any atom is 0.229 e. The molecule has 0 unspecified atom stereocenters. The zero-order chi connectivity index (χ0) is 11.8. The van der Waals surface area contributed by atoms with Gasteiger partial charge in [0.15, 0.2) is 0 Å². The van der Waals surface area contributed by atoms with Crippen molar-refractivity contribution in [2.45, 2.75) is 25.2 Å². The number of rotatable bonds is 1. The Hall–Kier alpha value is -1.52. The fourth-order valence-corrected chi connectivity index (χ4v) is 1.56. The fraction of sp³-hybridized carbons (Fsp3) is 0.333. The van der Waals surface area contributed by atoms with Crippen LogP contribution >= 0.6 is 0 Å². The molecular weight excluding hydrogens is 204 g/mol. The minimum atomic E-state index is -2.04. The third-order valence-electron chi connectivity index (χ3n) is 2.38. The van der Waals surface area contributed by atoms with Gasteiger partial charge in [0.05, 0.1) is 11.2 Å². The Labute approximate surface area is 94.0 Å². The number of aromatic nitrogens is 1. The number of hydrogen-bond donors (Lipinski definition) is 2. The van der Waals surface area contributed by atoms with Crippen LogP contribution in [0, 0.1) is 0 Å². The van der Waals surface area contributed by atoms with Gasteiger partial charge in [0.25, 0.3) is 0 Å². The summed E-state index contributed by atoms with van der Waals surface area (Å²) in [5.41, 5.74) is 0.215. The van der Waals surface area contributed by atoms with E-state index in [0.29, 0.717) is 5.69 Å². The van der Waals surface area contributed by atoms with Gasteiger partial charge in [-0.1, -0.05) is 12.1 Å². The molecule has 0 atom stereocenters. The first-order valence-corrected chi connectivity index (χ1v) is 5.08. The number of dihydropyridines is 1. The molecule has 0 aromatic carbocycles. The van der Waals surface area contributed by atoms with Gasteiger partial charge in [0, 0.05) is 6.20 Å². The summed E-state index contributed by atoms with van der Waals surface area (Å²) in [6, 6.07) is 5.26. The molecule has 0 spiro atoms. The van der Waals surface area contributed by atoms with Gasteiger partial charge in [0.2, 0.25) is 5.79 Å². The Morgan fingerprint density at radius 1 is 1.12 bits per heavy atom. The van der Waals surface area contributed by atoms with Crippen molar-refractivity contribution in [3.63, 3.8) is 0 Å². The Bertz CT molecular complexity index is 447. The molecule has 16 heavy (non-hydrogen) atoms. The van der Waals surface area contributed by atoms with Crippen molar-refractivity contribution in [3.8, 4) is 0 Å². The van der Waals surface area contributed by atoms with E-state index in [1.54, 1.807) is 30.5 Å². The van der Waals surface area contributed by atoms with Gasteiger partial charge >= 0.3 is 0 Å². The summed E-state index contributed by atoms with van der Waals surface area (Å²) in [7, 11) is 0. The van der Waals surface area contributed by atoms with Gasteiger partial charge in [-0.25, -0.2) is 0 Å². The predicted molar refractivity (Wildman–Crippen MR) is 61.2 cm³/mol. The van der Waals surface area contributed by atoms with Crippen molar-refractivity contribution < 1.29 is 10.2 Å². The highest BCUT2D eigenvalue weighted by Gasteiger charge is 2.35. The minimum Gasteiger partial charge on any atom is -0.357 e. The van der Waals surface area contributed by atoms with Crippen molar-refractivity contribution in [1.82, 2.24) is 4.98 Å². The quantitative estimate of drug-likeness (QED) is 0.543. The summed E-state index contributed by atoms with van der Waals surface area (Å²) in [5, 5.41) is 19.6. The summed E-state index contributed by atoms with van der Waals surface area (Å²) >= 11 is 0. The van der Waals surface area contributed by atoms with E-state index in [0.717, 1.165) is 0 Å². The molecule has 2 heterocycles. The van der Waals surface area contributed by atoms with Crippen LogP contribution in [0.5, 0.6) is 0 Å². The molecule has 0 aliphatic carbocycles. The monoisotopic (exact) mass is 218 g/mol. The second-order valence-electron chi connectivity index (χ2n) is 4.39. The summed E-state index contributed by atoms with van der Waals surface area (Å²) in [5.74, 6) is -2.04. The molecule has 2 rings (SSSR count). The molecule has 1 aromatic heterocycles. The maximum atomic E-state index is 9.82. The maximum absolute atomic E-state index is 9.82. The van der Waals surface area contributed by atoms with Crippen LogP contribution in [0.15, 0.2) is 41.5 Å². The number of pyridine rings is 1. The molecule has 0 saturated heterocycles. The largest absolute Gasteiger partial charge is 0.357 e. The Morgan fingerprint density at radius 2 is 1.88 bits per heavy atom. The molecule has 1 aliphatic rings. The van der Waals surface area contributed by atoms with E-state index in [9.17, 15) is 10.2 Å². The van der Waals surface area contributed by atoms with E-state index in [2.05, 4.69) is 9.98 Å². The SMILES string of the molecule is CC1(C)C=CC(O)(O)C(c2ccccn2)=N1. The predicted octanol–water partition coefficient (Wildman–Crippen LogP) is 0.900. The first kappa shape index (κ1) is 11.0. The Morgan fingerprint density at radius 3 is 2.50 bits per heavy atom. The smallest absolute Gasteiger partial charge is 0.229 e. The number of nitrogens with zero attached hydrogens (tertiary/aromatic N) is 2. The van der Waals surface area contributed by atoms with Crippen LogP contribution in [0.25, 0.3) is 0 Å². The van der Waals surface area contributed by atoms with Gasteiger partial charge in [0.1, 0.15) is 5.71 Å². The molecule has 1 aromatic rings. The van der Waals surface area contributed by atoms with E-state index in [1.807, 2.05) is 13.8 Å². The highest BCUT2D eigenvalue weighted by Crippen LogP contribution is 2.24. The third kappa shape index (κ3) is 2.03. The first-order valence-electron chi connectivity index (χ1n) is 5.08. The first-order chi connectivity index (χ1) is 7.41. The van der Waals surface area contributed by atoms with E-state index in [-0.39, 0.29) is 5.71 Å². The van der Waals surface area contributed by atoms with Crippen molar-refractivity contribution in [3.05, 3.63) is 42.2 Å². The van der Waals surface area contributed by atoms with Crippen LogP contribution in [0.4, 0.5) is 0 Å². The normalized spacial score (nSPS) is 21.6. The van der Waals surface area contributed by atoms with Gasteiger partial charge in [-0.15, -0.1) is 0 Å². The van der Waals surface area contributed by atoms with Crippen LogP contribution in [0.1, 0.15) is 19.5 Å². The van der Waals surface area contributed by atoms with Crippen molar-refractivity contribution in [2.75, 3.05) is 0 Å². The van der Waals surface area contributed by atoms with E-state index in [1.165, 1.54) is 6.08 Å². The van der Waals surface area contributed by atoms with Gasteiger partial charge < -0.3 is 10.2 Å². The molecule has 0 amide bonds. The van der Waals surface area contributed by atoms with Gasteiger partial charge in [-0.05, 0) is 32.1 Å². The molecule has 1 aliphatic heterocycles. The Balaban J connectivity index is 2.50. The summed E-state index contributed by atoms with van der Waals surface area (Å²) < 4.78 is 0. The zero-order valence-corrected chi connectivity index (χ0v) is 9.25. The number of hydrogen-bond acceptors (Lipinski definition) is 4. The number of aliphatic imine (C=N–C) groups is 1. The third-order valence-corrected chi connectivity index (χ3v) is 2.38. The average Bonchev–Trinajstić information content (AvgIpc) is 2.24. The van der Waals surface area contributed by atoms with E-state index < -0.39 is 11.3 Å². The van der Waals surface area contributed by atoms with Crippen LogP contribution in [0.3, 0.4) is 0 Å². The molecule has 4 heteroatoms. The molecule has 0 radical (unpaired) electrons. The Kier molecular flexibility index (Phi) is 2.40. The van der Waals surface area contributed by atoms with Gasteiger partial charge in [-0.2, -0.15) is 0 Å². The van der Waals surface area contributed by atoms with Crippen LogP contribution in [-0.4, -0.2) is 32.2 Å². The molecule has 0 saturated carbocycles. The summed E-state index contributed by atoms with van der Waals surface area (Å²) in [6.45, 7) is 3.78. The van der Waals surface area contributed by atoms with Crippen molar-refractivity contribution in [1.29, 1.82) is 0 Å².